The number of rotatable bonds is 10. The second-order valence-electron chi connectivity index (χ2n) is 6.41. The highest BCUT2D eigenvalue weighted by atomic mass is 16.5. The molecule has 0 unspecified atom stereocenters. The van der Waals surface area contributed by atoms with Crippen molar-refractivity contribution in [3.05, 3.63) is 59.7 Å². The van der Waals surface area contributed by atoms with Crippen molar-refractivity contribution in [2.75, 3.05) is 27.9 Å². The van der Waals surface area contributed by atoms with Gasteiger partial charge in [0.1, 0.15) is 6.04 Å². The zero-order valence-corrected chi connectivity index (χ0v) is 17.3. The average Bonchev–Trinajstić information content (AvgIpc) is 2.78. The molecule has 8 heteroatoms. The summed E-state index contributed by atoms with van der Waals surface area (Å²) in [5.41, 5.74) is 1.28. The predicted molar refractivity (Wildman–Crippen MR) is 111 cm³/mol. The summed E-state index contributed by atoms with van der Waals surface area (Å²) in [6.07, 6.45) is 0.332. The van der Waals surface area contributed by atoms with Gasteiger partial charge in [0, 0.05) is 24.9 Å². The zero-order chi connectivity index (χ0) is 21.9. The second kappa shape index (κ2) is 11.5. The molecule has 1 atom stereocenters. The maximum absolute atomic E-state index is 12.3. The molecule has 0 aromatic heterocycles. The molecule has 0 heterocycles. The largest absolute Gasteiger partial charge is 0.493 e. The number of carbonyl (C=O) groups is 3. The molecule has 2 amide bonds. The van der Waals surface area contributed by atoms with Crippen molar-refractivity contribution in [2.24, 2.45) is 0 Å². The Labute approximate surface area is 175 Å². The molecule has 0 fully saturated rings. The van der Waals surface area contributed by atoms with Crippen LogP contribution in [0.2, 0.25) is 0 Å². The third-order valence-corrected chi connectivity index (χ3v) is 4.39. The number of hydrogen-bond acceptors (Lipinski definition) is 6. The van der Waals surface area contributed by atoms with Gasteiger partial charge < -0.3 is 24.8 Å². The molecule has 2 rings (SSSR count). The summed E-state index contributed by atoms with van der Waals surface area (Å²) in [7, 11) is 4.27. The molecule has 2 aromatic rings. The highest BCUT2D eigenvalue weighted by molar-refractivity contribution is 5.95. The standard InChI is InChI=1S/C22H26N2O6/c1-28-18-10-9-16(14-19(18)29-2)21(26)23-12-11-20(25)24-17(22(27)30-3)13-15-7-5-4-6-8-15/h4-10,14,17H,11-13H2,1-3H3,(H,23,26)(H,24,25)/t17-/m0/s1. The van der Waals surface area contributed by atoms with Crippen LogP contribution in [0.25, 0.3) is 0 Å². The fraction of sp³-hybridized carbons (Fsp3) is 0.318. The van der Waals surface area contributed by atoms with Crippen LogP contribution >= 0.6 is 0 Å². The zero-order valence-electron chi connectivity index (χ0n) is 17.3. The molecule has 0 aliphatic carbocycles. The van der Waals surface area contributed by atoms with Crippen LogP contribution in [0.4, 0.5) is 0 Å². The van der Waals surface area contributed by atoms with E-state index in [2.05, 4.69) is 10.6 Å². The lowest BCUT2D eigenvalue weighted by Crippen LogP contribution is -2.44. The van der Waals surface area contributed by atoms with Crippen LogP contribution in [0.3, 0.4) is 0 Å². The van der Waals surface area contributed by atoms with Crippen LogP contribution in [0.15, 0.2) is 48.5 Å². The number of ether oxygens (including phenoxy) is 3. The van der Waals surface area contributed by atoms with E-state index in [1.165, 1.54) is 21.3 Å². The molecule has 0 bridgehead atoms. The molecule has 2 N–H and O–H groups in total. The van der Waals surface area contributed by atoms with Gasteiger partial charge >= 0.3 is 5.97 Å². The lowest BCUT2D eigenvalue weighted by molar-refractivity contribution is -0.145. The molecule has 0 saturated carbocycles. The third-order valence-electron chi connectivity index (χ3n) is 4.39. The Morgan fingerprint density at radius 3 is 2.27 bits per heavy atom. The molecule has 0 saturated heterocycles. The van der Waals surface area contributed by atoms with Crippen molar-refractivity contribution in [2.45, 2.75) is 18.9 Å². The minimum atomic E-state index is -0.800. The summed E-state index contributed by atoms with van der Waals surface area (Å²) in [5.74, 6) is -0.293. The Bertz CT molecular complexity index is 869. The van der Waals surface area contributed by atoms with E-state index in [1.54, 1.807) is 18.2 Å². The predicted octanol–water partition coefficient (Wildman–Crippen LogP) is 1.72. The van der Waals surface area contributed by atoms with E-state index in [0.717, 1.165) is 5.56 Å². The number of hydrogen-bond donors (Lipinski definition) is 2. The van der Waals surface area contributed by atoms with Gasteiger partial charge in [-0.05, 0) is 23.8 Å². The number of esters is 1. The maximum Gasteiger partial charge on any atom is 0.328 e. The summed E-state index contributed by atoms with van der Waals surface area (Å²) in [4.78, 5) is 36.6. The number of methoxy groups -OCH3 is 3. The maximum atomic E-state index is 12.3. The number of carbonyl (C=O) groups excluding carboxylic acids is 3. The Morgan fingerprint density at radius 1 is 0.933 bits per heavy atom. The van der Waals surface area contributed by atoms with Gasteiger partial charge in [0.15, 0.2) is 11.5 Å². The summed E-state index contributed by atoms with van der Waals surface area (Å²) >= 11 is 0. The van der Waals surface area contributed by atoms with Gasteiger partial charge in [-0.3, -0.25) is 9.59 Å². The van der Waals surface area contributed by atoms with Crippen molar-refractivity contribution < 1.29 is 28.6 Å². The molecule has 8 nitrogen and oxygen atoms in total. The van der Waals surface area contributed by atoms with Crippen LogP contribution in [-0.4, -0.2) is 51.7 Å². The molecular weight excluding hydrogens is 388 g/mol. The van der Waals surface area contributed by atoms with E-state index in [4.69, 9.17) is 14.2 Å². The molecule has 30 heavy (non-hydrogen) atoms. The highest BCUT2D eigenvalue weighted by Gasteiger charge is 2.22. The molecule has 0 spiro atoms. The van der Waals surface area contributed by atoms with Crippen LogP contribution in [0.5, 0.6) is 11.5 Å². The Kier molecular flexibility index (Phi) is 8.68. The first-order chi connectivity index (χ1) is 14.5. The SMILES string of the molecule is COC(=O)[C@H](Cc1ccccc1)NC(=O)CCNC(=O)c1ccc(OC)c(OC)c1. The average molecular weight is 414 g/mol. The van der Waals surface area contributed by atoms with Crippen molar-refractivity contribution in [1.82, 2.24) is 10.6 Å². The summed E-state index contributed by atoms with van der Waals surface area (Å²) < 4.78 is 15.1. The van der Waals surface area contributed by atoms with Crippen LogP contribution in [0, 0.1) is 0 Å². The van der Waals surface area contributed by atoms with E-state index < -0.39 is 12.0 Å². The van der Waals surface area contributed by atoms with Gasteiger partial charge in [-0.2, -0.15) is 0 Å². The number of amides is 2. The first-order valence-electron chi connectivity index (χ1n) is 9.39. The monoisotopic (exact) mass is 414 g/mol. The quantitative estimate of drug-likeness (QED) is 0.574. The fourth-order valence-corrected chi connectivity index (χ4v) is 2.82. The Balaban J connectivity index is 1.88. The summed E-state index contributed by atoms with van der Waals surface area (Å²) in [6.45, 7) is 0.109. The van der Waals surface area contributed by atoms with Crippen LogP contribution < -0.4 is 20.1 Å². The van der Waals surface area contributed by atoms with E-state index in [1.807, 2.05) is 30.3 Å². The van der Waals surface area contributed by atoms with Crippen molar-refractivity contribution in [3.8, 4) is 11.5 Å². The lowest BCUT2D eigenvalue weighted by Gasteiger charge is -2.17. The van der Waals surface area contributed by atoms with Gasteiger partial charge in [0.05, 0.1) is 21.3 Å². The Hall–Kier alpha value is -3.55. The van der Waals surface area contributed by atoms with E-state index in [-0.39, 0.29) is 24.8 Å². The topological polar surface area (TPSA) is 103 Å². The van der Waals surface area contributed by atoms with E-state index in [9.17, 15) is 14.4 Å². The second-order valence-corrected chi connectivity index (χ2v) is 6.41. The molecule has 2 aromatic carbocycles. The van der Waals surface area contributed by atoms with Crippen molar-refractivity contribution in [1.29, 1.82) is 0 Å². The van der Waals surface area contributed by atoms with Gasteiger partial charge in [-0.1, -0.05) is 30.3 Å². The van der Waals surface area contributed by atoms with E-state index >= 15 is 0 Å². The Morgan fingerprint density at radius 2 is 1.63 bits per heavy atom. The van der Waals surface area contributed by atoms with Crippen LogP contribution in [0.1, 0.15) is 22.3 Å². The molecule has 0 aliphatic heterocycles. The first-order valence-corrected chi connectivity index (χ1v) is 9.39. The normalized spacial score (nSPS) is 11.2. The molecule has 160 valence electrons. The van der Waals surface area contributed by atoms with E-state index in [0.29, 0.717) is 23.5 Å². The summed E-state index contributed by atoms with van der Waals surface area (Å²) in [5, 5.41) is 5.33. The summed E-state index contributed by atoms with van der Waals surface area (Å²) in [6, 6.07) is 13.3. The smallest absolute Gasteiger partial charge is 0.328 e. The minimum Gasteiger partial charge on any atom is -0.493 e. The molecule has 0 aliphatic rings. The lowest BCUT2D eigenvalue weighted by atomic mass is 10.1. The van der Waals surface area contributed by atoms with Crippen LogP contribution in [-0.2, 0) is 20.7 Å². The first kappa shape index (κ1) is 22.7. The minimum absolute atomic E-state index is 0.0152. The fourth-order valence-electron chi connectivity index (χ4n) is 2.82. The van der Waals surface area contributed by atoms with Gasteiger partial charge in [0.2, 0.25) is 5.91 Å². The van der Waals surface area contributed by atoms with Crippen molar-refractivity contribution >= 4 is 17.8 Å². The number of nitrogens with one attached hydrogen (secondary N) is 2. The number of benzene rings is 2. The van der Waals surface area contributed by atoms with Gasteiger partial charge in [0.25, 0.3) is 5.91 Å². The van der Waals surface area contributed by atoms with Gasteiger partial charge in [-0.15, -0.1) is 0 Å². The van der Waals surface area contributed by atoms with Gasteiger partial charge in [-0.25, -0.2) is 4.79 Å². The molecule has 0 radical (unpaired) electrons. The highest BCUT2D eigenvalue weighted by Crippen LogP contribution is 2.27. The molecular formula is C22H26N2O6. The van der Waals surface area contributed by atoms with Crippen molar-refractivity contribution in [3.63, 3.8) is 0 Å². The third kappa shape index (κ3) is 6.51.